The minimum atomic E-state index is 0.534. The second-order valence-electron chi connectivity index (χ2n) is 6.38. The van der Waals surface area contributed by atoms with Crippen molar-refractivity contribution < 1.29 is 4.74 Å². The summed E-state index contributed by atoms with van der Waals surface area (Å²) in [5, 5.41) is 0. The average molecular weight is 322 g/mol. The van der Waals surface area contributed by atoms with Crippen LogP contribution in [0.1, 0.15) is 17.0 Å². The summed E-state index contributed by atoms with van der Waals surface area (Å²) in [6, 6.07) is 18.9. The Morgan fingerprint density at radius 2 is 1.83 bits per heavy atom. The van der Waals surface area contributed by atoms with Crippen LogP contribution >= 0.6 is 0 Å². The van der Waals surface area contributed by atoms with E-state index in [-0.39, 0.29) is 0 Å². The van der Waals surface area contributed by atoms with E-state index < -0.39 is 0 Å². The second-order valence-corrected chi connectivity index (χ2v) is 6.38. The highest BCUT2D eigenvalue weighted by molar-refractivity contribution is 5.57. The molecule has 0 amide bonds. The molecule has 0 saturated carbocycles. The van der Waals surface area contributed by atoms with E-state index in [0.29, 0.717) is 11.8 Å². The Morgan fingerprint density at radius 3 is 2.58 bits per heavy atom. The summed E-state index contributed by atoms with van der Waals surface area (Å²) in [7, 11) is 1.71. The van der Waals surface area contributed by atoms with E-state index in [1.54, 1.807) is 7.11 Å². The molecule has 2 aromatic carbocycles. The van der Waals surface area contributed by atoms with E-state index in [1.807, 2.05) is 18.2 Å². The lowest BCUT2D eigenvalue weighted by Crippen LogP contribution is -2.23. The number of rotatable bonds is 6. The second kappa shape index (κ2) is 8.13. The van der Waals surface area contributed by atoms with Gasteiger partial charge in [0.15, 0.2) is 0 Å². The number of hydrogen-bond acceptors (Lipinski definition) is 3. The number of ether oxygens (including phenoxy) is 1. The highest BCUT2D eigenvalue weighted by Crippen LogP contribution is 2.31. The molecular weight excluding hydrogens is 296 g/mol. The summed E-state index contributed by atoms with van der Waals surface area (Å²) in [4.78, 5) is 2.49. The summed E-state index contributed by atoms with van der Waals surface area (Å²) in [6.07, 6.45) is 4.37. The third kappa shape index (κ3) is 3.86. The van der Waals surface area contributed by atoms with Crippen LogP contribution in [0.4, 0.5) is 0 Å². The molecule has 2 aromatic rings. The first-order valence-electron chi connectivity index (χ1n) is 8.58. The van der Waals surface area contributed by atoms with Crippen LogP contribution in [0.5, 0.6) is 5.75 Å². The Kier molecular flexibility index (Phi) is 5.68. The number of para-hydroxylation sites is 1. The zero-order valence-corrected chi connectivity index (χ0v) is 14.3. The number of methoxy groups -OCH3 is 1. The van der Waals surface area contributed by atoms with E-state index in [1.165, 1.54) is 5.56 Å². The van der Waals surface area contributed by atoms with Crippen LogP contribution < -0.4 is 10.5 Å². The minimum absolute atomic E-state index is 0.534. The van der Waals surface area contributed by atoms with Crippen molar-refractivity contribution in [3.05, 3.63) is 71.8 Å². The predicted molar refractivity (Wildman–Crippen MR) is 100 cm³/mol. The standard InChI is InChI=1S/C21H26N2O/c1-24-21-12-6-5-10-18(21)11-7-13-23-15-19(14-22)20(16-23)17-8-3-2-4-9-17/h2-12,19-20H,13-16,22H2,1H3/b11-7+/t19-,20+/m1/s1. The molecule has 3 heteroatoms. The summed E-state index contributed by atoms with van der Waals surface area (Å²) in [6.45, 7) is 3.82. The molecule has 3 nitrogen and oxygen atoms in total. The molecule has 0 spiro atoms. The van der Waals surface area contributed by atoms with Crippen molar-refractivity contribution in [2.24, 2.45) is 11.7 Å². The first-order valence-corrected chi connectivity index (χ1v) is 8.58. The van der Waals surface area contributed by atoms with E-state index in [9.17, 15) is 0 Å². The first-order chi connectivity index (χ1) is 11.8. The molecule has 1 saturated heterocycles. The van der Waals surface area contributed by atoms with Gasteiger partial charge in [0.25, 0.3) is 0 Å². The van der Waals surface area contributed by atoms with E-state index >= 15 is 0 Å². The molecule has 2 N–H and O–H groups in total. The van der Waals surface area contributed by atoms with Crippen molar-refractivity contribution in [1.29, 1.82) is 0 Å². The molecule has 1 heterocycles. The molecule has 0 bridgehead atoms. The molecule has 1 fully saturated rings. The van der Waals surface area contributed by atoms with Gasteiger partial charge in [-0.25, -0.2) is 0 Å². The molecule has 24 heavy (non-hydrogen) atoms. The lowest BCUT2D eigenvalue weighted by atomic mass is 9.89. The summed E-state index contributed by atoms with van der Waals surface area (Å²) in [5.74, 6) is 1.99. The molecule has 126 valence electrons. The van der Waals surface area contributed by atoms with Crippen molar-refractivity contribution in [2.45, 2.75) is 5.92 Å². The van der Waals surface area contributed by atoms with Crippen LogP contribution in [0.2, 0.25) is 0 Å². The quantitative estimate of drug-likeness (QED) is 0.886. The fourth-order valence-electron chi connectivity index (χ4n) is 3.56. The molecule has 0 aliphatic carbocycles. The van der Waals surface area contributed by atoms with Gasteiger partial charge in [-0.05, 0) is 24.1 Å². The van der Waals surface area contributed by atoms with Gasteiger partial charge in [-0.3, -0.25) is 4.90 Å². The smallest absolute Gasteiger partial charge is 0.126 e. The van der Waals surface area contributed by atoms with E-state index in [4.69, 9.17) is 10.5 Å². The third-order valence-electron chi connectivity index (χ3n) is 4.85. The third-order valence-corrected chi connectivity index (χ3v) is 4.85. The predicted octanol–water partition coefficient (Wildman–Crippen LogP) is 3.38. The van der Waals surface area contributed by atoms with Crippen molar-refractivity contribution in [3.63, 3.8) is 0 Å². The van der Waals surface area contributed by atoms with Crippen LogP contribution in [0.3, 0.4) is 0 Å². The molecule has 3 rings (SSSR count). The summed E-state index contributed by atoms with van der Waals surface area (Å²) >= 11 is 0. The number of benzene rings is 2. The maximum atomic E-state index is 6.02. The lowest BCUT2D eigenvalue weighted by Gasteiger charge is -2.16. The number of nitrogens with two attached hydrogens (primary N) is 1. The molecule has 1 aliphatic rings. The number of nitrogens with zero attached hydrogens (tertiary/aromatic N) is 1. The van der Waals surface area contributed by atoms with Crippen LogP contribution in [0.25, 0.3) is 6.08 Å². The zero-order chi connectivity index (χ0) is 16.8. The highest BCUT2D eigenvalue weighted by Gasteiger charge is 2.31. The largest absolute Gasteiger partial charge is 0.496 e. The molecule has 0 unspecified atom stereocenters. The number of likely N-dealkylation sites (tertiary alicyclic amines) is 1. The Labute approximate surface area is 144 Å². The van der Waals surface area contributed by atoms with Crippen LogP contribution in [-0.4, -0.2) is 38.2 Å². The fourth-order valence-corrected chi connectivity index (χ4v) is 3.56. The van der Waals surface area contributed by atoms with Gasteiger partial charge >= 0.3 is 0 Å². The molecular formula is C21H26N2O. The van der Waals surface area contributed by atoms with Gasteiger partial charge in [-0.1, -0.05) is 60.7 Å². The lowest BCUT2D eigenvalue weighted by molar-refractivity contribution is 0.360. The van der Waals surface area contributed by atoms with Crippen molar-refractivity contribution >= 4 is 6.08 Å². The van der Waals surface area contributed by atoms with Crippen LogP contribution in [0.15, 0.2) is 60.7 Å². The minimum Gasteiger partial charge on any atom is -0.496 e. The topological polar surface area (TPSA) is 38.5 Å². The Morgan fingerprint density at radius 1 is 1.08 bits per heavy atom. The van der Waals surface area contributed by atoms with Gasteiger partial charge in [0.1, 0.15) is 5.75 Å². The van der Waals surface area contributed by atoms with Gasteiger partial charge in [0, 0.05) is 31.1 Å². The van der Waals surface area contributed by atoms with Gasteiger partial charge in [-0.15, -0.1) is 0 Å². The van der Waals surface area contributed by atoms with Crippen LogP contribution in [0, 0.1) is 5.92 Å². The first kappa shape index (κ1) is 16.7. The summed E-state index contributed by atoms with van der Waals surface area (Å²) < 4.78 is 5.40. The molecule has 0 aromatic heterocycles. The monoisotopic (exact) mass is 322 g/mol. The Balaban J connectivity index is 1.63. The highest BCUT2D eigenvalue weighted by atomic mass is 16.5. The molecule has 1 aliphatic heterocycles. The molecule has 0 radical (unpaired) electrons. The summed E-state index contributed by atoms with van der Waals surface area (Å²) in [5.41, 5.74) is 8.55. The maximum Gasteiger partial charge on any atom is 0.126 e. The van der Waals surface area contributed by atoms with E-state index in [0.717, 1.165) is 37.5 Å². The van der Waals surface area contributed by atoms with Crippen molar-refractivity contribution in [1.82, 2.24) is 4.90 Å². The normalized spacial score (nSPS) is 21.4. The fraction of sp³-hybridized carbons (Fsp3) is 0.333. The van der Waals surface area contributed by atoms with Gasteiger partial charge in [-0.2, -0.15) is 0 Å². The number of hydrogen-bond donors (Lipinski definition) is 1. The van der Waals surface area contributed by atoms with E-state index in [2.05, 4.69) is 53.5 Å². The zero-order valence-electron chi connectivity index (χ0n) is 14.3. The van der Waals surface area contributed by atoms with Gasteiger partial charge < -0.3 is 10.5 Å². The Bertz CT molecular complexity index is 669. The van der Waals surface area contributed by atoms with Crippen molar-refractivity contribution in [3.8, 4) is 5.75 Å². The van der Waals surface area contributed by atoms with Gasteiger partial charge in [0.05, 0.1) is 7.11 Å². The Hall–Kier alpha value is -2.10. The SMILES string of the molecule is COc1ccccc1/C=C/CN1C[C@@H](CN)[C@H](c2ccccc2)C1. The maximum absolute atomic E-state index is 6.02. The van der Waals surface area contributed by atoms with Gasteiger partial charge in [0.2, 0.25) is 0 Å². The average Bonchev–Trinajstić information content (AvgIpc) is 3.06. The van der Waals surface area contributed by atoms with Crippen molar-refractivity contribution in [2.75, 3.05) is 33.3 Å². The molecule has 2 atom stereocenters. The van der Waals surface area contributed by atoms with Crippen LogP contribution in [-0.2, 0) is 0 Å².